The van der Waals surface area contributed by atoms with Crippen molar-refractivity contribution < 1.29 is 4.79 Å². The number of piperidine rings is 1. The van der Waals surface area contributed by atoms with E-state index in [0.29, 0.717) is 12.5 Å². The van der Waals surface area contributed by atoms with Crippen molar-refractivity contribution in [2.45, 2.75) is 45.1 Å². The lowest BCUT2D eigenvalue weighted by molar-refractivity contribution is -0.132. The van der Waals surface area contributed by atoms with Crippen molar-refractivity contribution in [2.75, 3.05) is 32.7 Å². The molecule has 0 bridgehead atoms. The van der Waals surface area contributed by atoms with Gasteiger partial charge in [0, 0.05) is 32.0 Å². The Morgan fingerprint density at radius 3 is 2.41 bits per heavy atom. The van der Waals surface area contributed by atoms with Crippen LogP contribution in [0.3, 0.4) is 0 Å². The summed E-state index contributed by atoms with van der Waals surface area (Å²) >= 11 is 0. The first-order valence-corrected chi connectivity index (χ1v) is 8.77. The second-order valence-electron chi connectivity index (χ2n) is 6.77. The van der Waals surface area contributed by atoms with Gasteiger partial charge in [-0.05, 0) is 44.7 Å². The van der Waals surface area contributed by atoms with E-state index >= 15 is 0 Å². The zero-order valence-electron chi connectivity index (χ0n) is 13.5. The van der Waals surface area contributed by atoms with Gasteiger partial charge in [0.2, 0.25) is 5.91 Å². The average molecular weight is 304 g/mol. The van der Waals surface area contributed by atoms with Crippen molar-refractivity contribution in [1.82, 2.24) is 19.4 Å². The highest BCUT2D eigenvalue weighted by molar-refractivity contribution is 5.78. The number of likely N-dealkylation sites (tertiary alicyclic amines) is 2. The van der Waals surface area contributed by atoms with Gasteiger partial charge in [-0.3, -0.25) is 9.69 Å². The Hall–Kier alpha value is -1.36. The molecular formula is C17H28N4O. The first-order chi connectivity index (χ1) is 10.8. The van der Waals surface area contributed by atoms with Gasteiger partial charge in [-0.15, -0.1) is 0 Å². The Kier molecular flexibility index (Phi) is 5.48. The zero-order valence-corrected chi connectivity index (χ0v) is 13.5. The number of aromatic nitrogens is 2. The molecule has 0 radical (unpaired) electrons. The average Bonchev–Trinajstić information content (AvgIpc) is 2.88. The molecule has 2 aliphatic heterocycles. The molecule has 2 saturated heterocycles. The van der Waals surface area contributed by atoms with Crippen molar-refractivity contribution in [2.24, 2.45) is 5.92 Å². The Labute approximate surface area is 133 Å². The minimum absolute atomic E-state index is 0.343. The van der Waals surface area contributed by atoms with Crippen molar-refractivity contribution in [3.05, 3.63) is 18.7 Å². The Morgan fingerprint density at radius 1 is 1.05 bits per heavy atom. The monoisotopic (exact) mass is 304 g/mol. The maximum Gasteiger partial charge on any atom is 0.236 e. The summed E-state index contributed by atoms with van der Waals surface area (Å²) in [4.78, 5) is 21.0. The fraction of sp³-hybridized carbons (Fsp3) is 0.765. The van der Waals surface area contributed by atoms with Crippen LogP contribution in [0.1, 0.15) is 38.5 Å². The van der Waals surface area contributed by atoms with Gasteiger partial charge in [-0.1, -0.05) is 12.8 Å². The Bertz CT molecular complexity index is 443. The van der Waals surface area contributed by atoms with Crippen LogP contribution in [0.4, 0.5) is 0 Å². The van der Waals surface area contributed by atoms with Gasteiger partial charge in [0.15, 0.2) is 0 Å². The number of amides is 1. The minimum Gasteiger partial charge on any atom is -0.342 e. The van der Waals surface area contributed by atoms with Crippen molar-refractivity contribution in [3.63, 3.8) is 0 Å². The third-order valence-electron chi connectivity index (χ3n) is 5.05. The van der Waals surface area contributed by atoms with Crippen LogP contribution in [-0.2, 0) is 11.3 Å². The van der Waals surface area contributed by atoms with E-state index in [1.54, 1.807) is 0 Å². The van der Waals surface area contributed by atoms with Crippen LogP contribution >= 0.6 is 0 Å². The first kappa shape index (κ1) is 15.5. The lowest BCUT2D eigenvalue weighted by atomic mass is 9.97. The fourth-order valence-electron chi connectivity index (χ4n) is 3.63. The van der Waals surface area contributed by atoms with E-state index in [9.17, 15) is 4.79 Å². The SMILES string of the molecule is O=C(CN1CCC(Cn2ccnc2)CC1)N1CCCCCC1. The summed E-state index contributed by atoms with van der Waals surface area (Å²) in [5, 5.41) is 0. The van der Waals surface area contributed by atoms with Crippen LogP contribution in [0.2, 0.25) is 0 Å². The van der Waals surface area contributed by atoms with Gasteiger partial charge in [0.25, 0.3) is 0 Å². The second-order valence-corrected chi connectivity index (χ2v) is 6.77. The van der Waals surface area contributed by atoms with Crippen LogP contribution in [-0.4, -0.2) is 58.0 Å². The van der Waals surface area contributed by atoms with Crippen LogP contribution < -0.4 is 0 Å². The number of imidazole rings is 1. The predicted molar refractivity (Wildman–Crippen MR) is 86.4 cm³/mol. The van der Waals surface area contributed by atoms with E-state index in [2.05, 4.69) is 19.4 Å². The minimum atomic E-state index is 0.343. The van der Waals surface area contributed by atoms with Gasteiger partial charge in [-0.2, -0.15) is 0 Å². The molecule has 0 N–H and O–H groups in total. The lowest BCUT2D eigenvalue weighted by Crippen LogP contribution is -2.44. The number of carbonyl (C=O) groups is 1. The lowest BCUT2D eigenvalue weighted by Gasteiger charge is -2.33. The van der Waals surface area contributed by atoms with E-state index in [1.807, 2.05) is 18.7 Å². The molecule has 1 amide bonds. The molecule has 0 saturated carbocycles. The maximum absolute atomic E-state index is 12.4. The highest BCUT2D eigenvalue weighted by Gasteiger charge is 2.23. The molecule has 2 aliphatic rings. The smallest absolute Gasteiger partial charge is 0.236 e. The zero-order chi connectivity index (χ0) is 15.2. The highest BCUT2D eigenvalue weighted by atomic mass is 16.2. The summed E-state index contributed by atoms with van der Waals surface area (Å²) < 4.78 is 2.17. The Balaban J connectivity index is 1.40. The molecule has 2 fully saturated rings. The summed E-state index contributed by atoms with van der Waals surface area (Å²) in [6, 6.07) is 0. The first-order valence-electron chi connectivity index (χ1n) is 8.77. The van der Waals surface area contributed by atoms with E-state index in [4.69, 9.17) is 0 Å². The molecule has 5 heteroatoms. The normalized spacial score (nSPS) is 21.7. The third-order valence-corrected chi connectivity index (χ3v) is 5.05. The molecule has 0 aliphatic carbocycles. The van der Waals surface area contributed by atoms with Crippen molar-refractivity contribution >= 4 is 5.91 Å². The molecule has 22 heavy (non-hydrogen) atoms. The van der Waals surface area contributed by atoms with Gasteiger partial charge in [0.1, 0.15) is 0 Å². The van der Waals surface area contributed by atoms with Gasteiger partial charge in [0.05, 0.1) is 12.9 Å². The molecule has 0 aromatic carbocycles. The van der Waals surface area contributed by atoms with Crippen LogP contribution in [0.25, 0.3) is 0 Å². The highest BCUT2D eigenvalue weighted by Crippen LogP contribution is 2.19. The molecule has 3 rings (SSSR count). The van der Waals surface area contributed by atoms with Crippen LogP contribution in [0.5, 0.6) is 0 Å². The fourth-order valence-corrected chi connectivity index (χ4v) is 3.63. The summed E-state index contributed by atoms with van der Waals surface area (Å²) in [5.41, 5.74) is 0. The van der Waals surface area contributed by atoms with Crippen molar-refractivity contribution in [3.8, 4) is 0 Å². The van der Waals surface area contributed by atoms with Gasteiger partial charge >= 0.3 is 0 Å². The second kappa shape index (κ2) is 7.77. The molecule has 5 nitrogen and oxygen atoms in total. The summed E-state index contributed by atoms with van der Waals surface area (Å²) in [6.45, 7) is 5.73. The molecule has 1 aromatic rings. The predicted octanol–water partition coefficient (Wildman–Crippen LogP) is 2.00. The molecule has 122 valence electrons. The van der Waals surface area contributed by atoms with Crippen LogP contribution in [0, 0.1) is 5.92 Å². The van der Waals surface area contributed by atoms with Crippen molar-refractivity contribution in [1.29, 1.82) is 0 Å². The van der Waals surface area contributed by atoms with E-state index < -0.39 is 0 Å². The number of hydrogen-bond acceptors (Lipinski definition) is 3. The van der Waals surface area contributed by atoms with E-state index in [0.717, 1.165) is 38.6 Å². The summed E-state index contributed by atoms with van der Waals surface area (Å²) in [5.74, 6) is 1.06. The topological polar surface area (TPSA) is 41.4 Å². The molecule has 0 spiro atoms. The molecule has 0 atom stereocenters. The number of hydrogen-bond donors (Lipinski definition) is 0. The van der Waals surface area contributed by atoms with Gasteiger partial charge < -0.3 is 9.47 Å². The third kappa shape index (κ3) is 4.32. The Morgan fingerprint density at radius 2 is 1.77 bits per heavy atom. The quantitative estimate of drug-likeness (QED) is 0.854. The standard InChI is InChI=1S/C17H28N4O/c22-17(21-8-3-1-2-4-9-21)14-19-10-5-16(6-11-19)13-20-12-7-18-15-20/h7,12,15-16H,1-6,8-11,13-14H2. The van der Waals surface area contributed by atoms with Gasteiger partial charge in [-0.25, -0.2) is 4.98 Å². The summed E-state index contributed by atoms with van der Waals surface area (Å²) in [7, 11) is 0. The van der Waals surface area contributed by atoms with E-state index in [1.165, 1.54) is 38.5 Å². The molecule has 0 unspecified atom stereocenters. The summed E-state index contributed by atoms with van der Waals surface area (Å²) in [6.07, 6.45) is 13.1. The molecule has 1 aromatic heterocycles. The molecule has 3 heterocycles. The van der Waals surface area contributed by atoms with E-state index in [-0.39, 0.29) is 0 Å². The number of nitrogens with zero attached hydrogens (tertiary/aromatic N) is 4. The largest absolute Gasteiger partial charge is 0.342 e. The number of carbonyl (C=O) groups excluding carboxylic acids is 1. The maximum atomic E-state index is 12.4. The molecular weight excluding hydrogens is 276 g/mol. The van der Waals surface area contributed by atoms with Crippen LogP contribution in [0.15, 0.2) is 18.7 Å². The number of rotatable bonds is 4.